The summed E-state index contributed by atoms with van der Waals surface area (Å²) in [4.78, 5) is 14.8. The van der Waals surface area contributed by atoms with Gasteiger partial charge >= 0.3 is 0 Å². The number of nitrogens with zero attached hydrogens (tertiary/aromatic N) is 3. The van der Waals surface area contributed by atoms with E-state index < -0.39 is 0 Å². The van der Waals surface area contributed by atoms with Gasteiger partial charge in [0.1, 0.15) is 4.32 Å². The Kier molecular flexibility index (Phi) is 5.67. The number of benzene rings is 1. The van der Waals surface area contributed by atoms with Gasteiger partial charge in [-0.05, 0) is 24.8 Å². The molecule has 3 rings (SSSR count). The van der Waals surface area contributed by atoms with E-state index in [0.717, 1.165) is 29.4 Å². The molecule has 1 aromatic rings. The highest BCUT2D eigenvalue weighted by Gasteiger charge is 2.28. The lowest BCUT2D eigenvalue weighted by Gasteiger charge is -2.29. The largest absolute Gasteiger partial charge is 0.358 e. The lowest BCUT2D eigenvalue weighted by molar-refractivity contribution is -0.130. The minimum absolute atomic E-state index is 0.0212. The van der Waals surface area contributed by atoms with E-state index in [-0.39, 0.29) is 11.9 Å². The summed E-state index contributed by atoms with van der Waals surface area (Å²) in [6, 6.07) is 10.1. The number of likely N-dealkylation sites (tertiary alicyclic amines) is 1. The maximum Gasteiger partial charge on any atom is 0.253 e. The van der Waals surface area contributed by atoms with Crippen LogP contribution in [0.15, 0.2) is 35.4 Å². The fraction of sp³-hybridized carbons (Fsp3) is 0.471. The van der Waals surface area contributed by atoms with Crippen LogP contribution in [-0.2, 0) is 4.79 Å². The molecule has 122 valence electrons. The zero-order chi connectivity index (χ0) is 16.1. The van der Waals surface area contributed by atoms with E-state index in [1.54, 1.807) is 5.01 Å². The number of piperidine rings is 1. The van der Waals surface area contributed by atoms with Gasteiger partial charge in [0.2, 0.25) is 0 Å². The first-order valence-corrected chi connectivity index (χ1v) is 9.46. The average Bonchev–Trinajstić information content (AvgIpc) is 3.11. The molecule has 0 radical (unpaired) electrons. The van der Waals surface area contributed by atoms with E-state index in [1.165, 1.54) is 31.0 Å². The van der Waals surface area contributed by atoms with Crippen LogP contribution in [0.1, 0.15) is 37.3 Å². The number of carbonyl (C=O) groups is 1. The van der Waals surface area contributed by atoms with Crippen molar-refractivity contribution in [2.45, 2.75) is 31.7 Å². The summed E-state index contributed by atoms with van der Waals surface area (Å²) < 4.78 is 0.845. The summed E-state index contributed by atoms with van der Waals surface area (Å²) >= 11 is 6.94. The summed E-state index contributed by atoms with van der Waals surface area (Å²) in [6.45, 7) is 2.04. The van der Waals surface area contributed by atoms with Gasteiger partial charge in [-0.25, -0.2) is 5.01 Å². The zero-order valence-electron chi connectivity index (χ0n) is 13.1. The molecule has 6 heteroatoms. The van der Waals surface area contributed by atoms with Crippen molar-refractivity contribution in [2.24, 2.45) is 5.10 Å². The summed E-state index contributed by atoms with van der Waals surface area (Å²) in [5.74, 6) is 0.382. The monoisotopic (exact) mass is 347 g/mol. The number of thioether (sulfide) groups is 1. The molecule has 2 aliphatic heterocycles. The van der Waals surface area contributed by atoms with Crippen LogP contribution in [0.2, 0.25) is 0 Å². The van der Waals surface area contributed by atoms with Crippen molar-refractivity contribution in [3.05, 3.63) is 35.9 Å². The Morgan fingerprint density at radius 2 is 1.96 bits per heavy atom. The molecule has 2 heterocycles. The molecule has 0 N–H and O–H groups in total. The van der Waals surface area contributed by atoms with Crippen LogP contribution in [-0.4, -0.2) is 45.2 Å². The molecule has 1 amide bonds. The van der Waals surface area contributed by atoms with Crippen LogP contribution < -0.4 is 0 Å². The van der Waals surface area contributed by atoms with E-state index in [0.29, 0.717) is 5.75 Å². The predicted octanol–water partition coefficient (Wildman–Crippen LogP) is 3.45. The van der Waals surface area contributed by atoms with E-state index in [1.807, 2.05) is 36.5 Å². The van der Waals surface area contributed by atoms with Crippen molar-refractivity contribution < 1.29 is 4.79 Å². The molecule has 1 saturated heterocycles. The number of thiocarbonyl (C=S) groups is 1. The van der Waals surface area contributed by atoms with Crippen LogP contribution >= 0.6 is 24.0 Å². The fourth-order valence-corrected chi connectivity index (χ4v) is 4.07. The third-order valence-corrected chi connectivity index (χ3v) is 5.71. The molecule has 1 aromatic carbocycles. The molecule has 1 atom stereocenters. The molecule has 23 heavy (non-hydrogen) atoms. The quantitative estimate of drug-likeness (QED) is 0.785. The third kappa shape index (κ3) is 4.12. The van der Waals surface area contributed by atoms with Crippen molar-refractivity contribution >= 4 is 40.4 Å². The minimum atomic E-state index is 0.0212. The second-order valence-corrected chi connectivity index (χ2v) is 7.41. The van der Waals surface area contributed by atoms with Crippen LogP contribution in [0.5, 0.6) is 0 Å². The Labute approximate surface area is 146 Å². The van der Waals surface area contributed by atoms with Crippen molar-refractivity contribution in [3.63, 3.8) is 0 Å². The first-order valence-electron chi connectivity index (χ1n) is 8.07. The highest BCUT2D eigenvalue weighted by molar-refractivity contribution is 8.23. The first-order chi connectivity index (χ1) is 11.3. The van der Waals surface area contributed by atoms with Crippen molar-refractivity contribution in [2.75, 3.05) is 18.8 Å². The van der Waals surface area contributed by atoms with Crippen molar-refractivity contribution in [1.29, 1.82) is 0 Å². The maximum absolute atomic E-state index is 12.5. The zero-order valence-corrected chi connectivity index (χ0v) is 14.7. The van der Waals surface area contributed by atoms with Gasteiger partial charge in [0, 0.05) is 25.7 Å². The van der Waals surface area contributed by atoms with Crippen LogP contribution in [0, 0.1) is 0 Å². The average molecular weight is 348 g/mol. The summed E-state index contributed by atoms with van der Waals surface area (Å²) in [5.41, 5.74) is 1.13. The van der Waals surface area contributed by atoms with Crippen LogP contribution in [0.25, 0.3) is 0 Å². The molecule has 0 aliphatic carbocycles. The predicted molar refractivity (Wildman–Crippen MR) is 99.6 cm³/mol. The Balaban J connectivity index is 1.55. The molecular weight excluding hydrogens is 326 g/mol. The summed E-state index contributed by atoms with van der Waals surface area (Å²) in [7, 11) is 0. The number of hydrogen-bond donors (Lipinski definition) is 0. The van der Waals surface area contributed by atoms with E-state index in [4.69, 9.17) is 12.2 Å². The molecule has 1 fully saturated rings. The van der Waals surface area contributed by atoms with E-state index in [2.05, 4.69) is 10.0 Å². The highest BCUT2D eigenvalue weighted by atomic mass is 32.2. The molecule has 0 unspecified atom stereocenters. The van der Waals surface area contributed by atoms with Gasteiger partial charge in [0.15, 0.2) is 0 Å². The maximum atomic E-state index is 12.5. The standard InChI is InChI=1S/C17H21N3OS2/c21-16(13-23-17(22)19-11-5-2-6-12-19)20-15(9-10-18-20)14-7-3-1-4-8-14/h1,3-4,7-8,10,15H,2,5-6,9,11-13H2/t15-/m1/s1. The van der Waals surface area contributed by atoms with E-state index >= 15 is 0 Å². The molecular formula is C17H21N3OS2. The third-order valence-electron chi connectivity index (χ3n) is 4.20. The molecule has 0 bridgehead atoms. The molecule has 2 aliphatic rings. The first kappa shape index (κ1) is 16.5. The Bertz CT molecular complexity index is 585. The molecule has 0 spiro atoms. The molecule has 0 aromatic heterocycles. The van der Waals surface area contributed by atoms with E-state index in [9.17, 15) is 4.79 Å². The van der Waals surface area contributed by atoms with Gasteiger partial charge in [-0.1, -0.05) is 54.3 Å². The Morgan fingerprint density at radius 1 is 1.22 bits per heavy atom. The van der Waals surface area contributed by atoms with Gasteiger partial charge in [0.05, 0.1) is 11.8 Å². The van der Waals surface area contributed by atoms with Gasteiger partial charge in [0.25, 0.3) is 5.91 Å². The highest BCUT2D eigenvalue weighted by Crippen LogP contribution is 2.28. The summed E-state index contributed by atoms with van der Waals surface area (Å²) in [6.07, 6.45) is 6.27. The van der Waals surface area contributed by atoms with Gasteiger partial charge in [-0.3, -0.25) is 4.79 Å². The Morgan fingerprint density at radius 3 is 2.70 bits per heavy atom. The van der Waals surface area contributed by atoms with Gasteiger partial charge in [-0.2, -0.15) is 5.10 Å². The number of hydrogen-bond acceptors (Lipinski definition) is 4. The lowest BCUT2D eigenvalue weighted by Crippen LogP contribution is -2.34. The SMILES string of the molecule is O=C(CSC(=S)N1CCCCC1)N1N=CC[C@@H]1c1ccccc1. The number of hydrazone groups is 1. The van der Waals surface area contributed by atoms with Crippen molar-refractivity contribution in [3.8, 4) is 0 Å². The van der Waals surface area contributed by atoms with Crippen molar-refractivity contribution in [1.82, 2.24) is 9.91 Å². The fourth-order valence-electron chi connectivity index (χ4n) is 2.96. The Hall–Kier alpha value is -1.40. The topological polar surface area (TPSA) is 35.9 Å². The lowest BCUT2D eigenvalue weighted by atomic mass is 10.0. The number of rotatable bonds is 3. The van der Waals surface area contributed by atoms with Crippen LogP contribution in [0.3, 0.4) is 0 Å². The smallest absolute Gasteiger partial charge is 0.253 e. The van der Waals surface area contributed by atoms with Gasteiger partial charge in [-0.15, -0.1) is 0 Å². The minimum Gasteiger partial charge on any atom is -0.358 e. The molecule has 4 nitrogen and oxygen atoms in total. The molecule has 0 saturated carbocycles. The summed E-state index contributed by atoms with van der Waals surface area (Å²) in [5, 5.41) is 5.88. The number of amides is 1. The second kappa shape index (κ2) is 7.93. The second-order valence-electron chi connectivity index (χ2n) is 5.80. The number of carbonyl (C=O) groups excluding carboxylic acids is 1. The normalized spacial score (nSPS) is 20.8. The van der Waals surface area contributed by atoms with Gasteiger partial charge < -0.3 is 4.90 Å². The van der Waals surface area contributed by atoms with Crippen LogP contribution in [0.4, 0.5) is 0 Å².